The minimum absolute atomic E-state index is 0.00656. The monoisotopic (exact) mass is 252 g/mol. The number of hydrogen-bond donors (Lipinski definition) is 3. The van der Waals surface area contributed by atoms with Crippen LogP contribution in [0.5, 0.6) is 5.75 Å². The van der Waals surface area contributed by atoms with Gasteiger partial charge in [0, 0.05) is 6.07 Å². The second kappa shape index (κ2) is 5.31. The lowest BCUT2D eigenvalue weighted by atomic mass is 10.1. The van der Waals surface area contributed by atoms with Gasteiger partial charge in [0.05, 0.1) is 16.6 Å². The Bertz CT molecular complexity index is 417. The molecule has 1 saturated heterocycles. The summed E-state index contributed by atoms with van der Waals surface area (Å²) in [4.78, 5) is 12.0. The van der Waals surface area contributed by atoms with Crippen LogP contribution in [0.15, 0.2) is 18.2 Å². The maximum absolute atomic E-state index is 12.0. The Morgan fingerprint density at radius 1 is 1.47 bits per heavy atom. The third-order valence-electron chi connectivity index (χ3n) is 2.77. The number of nitrogens with one attached hydrogen (secondary N) is 1. The van der Waals surface area contributed by atoms with E-state index in [-0.39, 0.29) is 16.9 Å². The lowest BCUT2D eigenvalue weighted by molar-refractivity contribution is -0.115. The van der Waals surface area contributed by atoms with E-state index in [0.717, 1.165) is 18.6 Å². The van der Waals surface area contributed by atoms with Gasteiger partial charge in [-0.05, 0) is 30.7 Å². The molecule has 0 bridgehead atoms. The molecule has 1 atom stereocenters. The molecule has 4 nitrogen and oxygen atoms in total. The van der Waals surface area contributed by atoms with Crippen molar-refractivity contribution in [2.75, 3.05) is 16.8 Å². The van der Waals surface area contributed by atoms with E-state index >= 15 is 0 Å². The molecule has 1 heterocycles. The van der Waals surface area contributed by atoms with Crippen LogP contribution in [0.2, 0.25) is 0 Å². The molecule has 5 heteroatoms. The fourth-order valence-electron chi connectivity index (χ4n) is 1.82. The zero-order valence-corrected chi connectivity index (χ0v) is 10.3. The van der Waals surface area contributed by atoms with Gasteiger partial charge < -0.3 is 16.2 Å². The van der Waals surface area contributed by atoms with Crippen molar-refractivity contribution in [1.82, 2.24) is 0 Å². The van der Waals surface area contributed by atoms with Gasteiger partial charge in [-0.2, -0.15) is 0 Å². The molecule has 1 aromatic carbocycles. The summed E-state index contributed by atoms with van der Waals surface area (Å²) in [7, 11) is 0. The van der Waals surface area contributed by atoms with E-state index in [9.17, 15) is 9.90 Å². The van der Waals surface area contributed by atoms with Gasteiger partial charge >= 0.3 is 0 Å². The second-order valence-corrected chi connectivity index (χ2v) is 5.43. The number of amides is 1. The highest BCUT2D eigenvalue weighted by Crippen LogP contribution is 2.28. The molecule has 1 aliphatic heterocycles. The van der Waals surface area contributed by atoms with E-state index in [1.807, 2.05) is 0 Å². The number of benzene rings is 1. The smallest absolute Gasteiger partial charge is 0.237 e. The van der Waals surface area contributed by atoms with Crippen molar-refractivity contribution in [3.05, 3.63) is 18.2 Å². The molecule has 1 fully saturated rings. The summed E-state index contributed by atoms with van der Waals surface area (Å²) in [5.41, 5.74) is 6.67. The Kier molecular flexibility index (Phi) is 3.78. The molecule has 92 valence electrons. The van der Waals surface area contributed by atoms with Crippen LogP contribution in [-0.4, -0.2) is 22.0 Å². The maximum atomic E-state index is 12.0. The van der Waals surface area contributed by atoms with Gasteiger partial charge in [-0.15, -0.1) is 11.8 Å². The van der Waals surface area contributed by atoms with Crippen LogP contribution in [0.25, 0.3) is 0 Å². The third-order valence-corrected chi connectivity index (χ3v) is 4.14. The topological polar surface area (TPSA) is 75.3 Å². The van der Waals surface area contributed by atoms with Crippen molar-refractivity contribution in [3.8, 4) is 5.75 Å². The third kappa shape index (κ3) is 3.06. The van der Waals surface area contributed by atoms with Crippen LogP contribution in [0.4, 0.5) is 11.4 Å². The summed E-state index contributed by atoms with van der Waals surface area (Å²) in [6.07, 6.45) is 3.22. The lowest BCUT2D eigenvalue weighted by Crippen LogP contribution is -2.27. The van der Waals surface area contributed by atoms with Crippen LogP contribution < -0.4 is 11.1 Å². The molecule has 0 radical (unpaired) electrons. The summed E-state index contributed by atoms with van der Waals surface area (Å²) >= 11 is 1.70. The predicted octanol–water partition coefficient (Wildman–Crippen LogP) is 2.20. The molecule has 4 N–H and O–H groups in total. The fourth-order valence-corrected chi connectivity index (χ4v) is 3.02. The Hall–Kier alpha value is -1.36. The summed E-state index contributed by atoms with van der Waals surface area (Å²) < 4.78 is 0. The number of carbonyl (C=O) groups excluding carboxylic acids is 1. The first kappa shape index (κ1) is 12.1. The van der Waals surface area contributed by atoms with Crippen molar-refractivity contribution in [2.24, 2.45) is 0 Å². The van der Waals surface area contributed by atoms with Crippen LogP contribution in [-0.2, 0) is 4.79 Å². The molecule has 2 rings (SSSR count). The molecule has 0 spiro atoms. The van der Waals surface area contributed by atoms with Crippen molar-refractivity contribution in [1.29, 1.82) is 0 Å². The fraction of sp³-hybridized carbons (Fsp3) is 0.417. The number of hydrogen-bond acceptors (Lipinski definition) is 4. The standard InChI is InChI=1S/C12H16N2O2S/c13-9-7-8(15)4-5-10(9)14-12(16)11-3-1-2-6-17-11/h4-5,7,11,15H,1-3,6,13H2,(H,14,16). The minimum atomic E-state index is 0.00656. The SMILES string of the molecule is Nc1cc(O)ccc1NC(=O)C1CCCCS1. The van der Waals surface area contributed by atoms with E-state index in [2.05, 4.69) is 5.32 Å². The number of phenols is 1. The average molecular weight is 252 g/mol. The summed E-state index contributed by atoms with van der Waals surface area (Å²) in [6, 6.07) is 4.57. The molecule has 0 aromatic heterocycles. The first-order valence-corrected chi connectivity index (χ1v) is 6.72. The van der Waals surface area contributed by atoms with Crippen molar-refractivity contribution in [2.45, 2.75) is 24.5 Å². The molecule has 0 saturated carbocycles. The maximum Gasteiger partial charge on any atom is 0.237 e. The van der Waals surface area contributed by atoms with E-state index in [4.69, 9.17) is 5.73 Å². The van der Waals surface area contributed by atoms with Gasteiger partial charge in [0.15, 0.2) is 0 Å². The van der Waals surface area contributed by atoms with Crippen LogP contribution in [0, 0.1) is 0 Å². The Morgan fingerprint density at radius 2 is 2.29 bits per heavy atom. The summed E-state index contributed by atoms with van der Waals surface area (Å²) in [5, 5.41) is 12.1. The molecular weight excluding hydrogens is 236 g/mol. The first-order valence-electron chi connectivity index (χ1n) is 5.68. The largest absolute Gasteiger partial charge is 0.508 e. The number of aromatic hydroxyl groups is 1. The average Bonchev–Trinajstić information content (AvgIpc) is 2.34. The van der Waals surface area contributed by atoms with E-state index < -0.39 is 0 Å². The van der Waals surface area contributed by atoms with Gasteiger partial charge in [-0.25, -0.2) is 0 Å². The van der Waals surface area contributed by atoms with Crippen LogP contribution in [0.3, 0.4) is 0 Å². The molecule has 1 unspecified atom stereocenters. The summed E-state index contributed by atoms with van der Waals surface area (Å²) in [5.74, 6) is 1.16. The number of nitrogens with two attached hydrogens (primary N) is 1. The van der Waals surface area contributed by atoms with E-state index in [1.54, 1.807) is 17.8 Å². The normalized spacial score (nSPS) is 19.9. The number of thioether (sulfide) groups is 1. The Morgan fingerprint density at radius 3 is 2.94 bits per heavy atom. The quantitative estimate of drug-likeness (QED) is 0.557. The number of nitrogen functional groups attached to an aromatic ring is 1. The second-order valence-electron chi connectivity index (χ2n) is 4.12. The van der Waals surface area contributed by atoms with Gasteiger partial charge in [-0.3, -0.25) is 4.79 Å². The van der Waals surface area contributed by atoms with Crippen molar-refractivity contribution < 1.29 is 9.90 Å². The van der Waals surface area contributed by atoms with Gasteiger partial charge in [0.25, 0.3) is 0 Å². The molecular formula is C12H16N2O2S. The van der Waals surface area contributed by atoms with Gasteiger partial charge in [0.1, 0.15) is 5.75 Å². The summed E-state index contributed by atoms with van der Waals surface area (Å²) in [6.45, 7) is 0. The number of rotatable bonds is 2. The lowest BCUT2D eigenvalue weighted by Gasteiger charge is -2.20. The highest BCUT2D eigenvalue weighted by atomic mass is 32.2. The van der Waals surface area contributed by atoms with E-state index in [1.165, 1.54) is 18.6 Å². The van der Waals surface area contributed by atoms with Crippen molar-refractivity contribution >= 4 is 29.0 Å². The predicted molar refractivity (Wildman–Crippen MR) is 71.2 cm³/mol. The number of phenolic OH excluding ortho intramolecular Hbond substituents is 1. The minimum Gasteiger partial charge on any atom is -0.508 e. The molecule has 17 heavy (non-hydrogen) atoms. The zero-order valence-electron chi connectivity index (χ0n) is 9.48. The highest BCUT2D eigenvalue weighted by molar-refractivity contribution is 8.00. The van der Waals surface area contributed by atoms with Crippen molar-refractivity contribution in [3.63, 3.8) is 0 Å². The Balaban J connectivity index is 2.02. The van der Waals surface area contributed by atoms with E-state index in [0.29, 0.717) is 11.4 Å². The molecule has 1 aromatic rings. The van der Waals surface area contributed by atoms with Crippen LogP contribution in [0.1, 0.15) is 19.3 Å². The number of anilines is 2. The Labute approximate surface area is 105 Å². The number of carbonyl (C=O) groups is 1. The van der Waals surface area contributed by atoms with Gasteiger partial charge in [-0.1, -0.05) is 6.42 Å². The van der Waals surface area contributed by atoms with Gasteiger partial charge in [0.2, 0.25) is 5.91 Å². The molecule has 0 aliphatic carbocycles. The highest BCUT2D eigenvalue weighted by Gasteiger charge is 2.22. The first-order chi connectivity index (χ1) is 8.16. The van der Waals surface area contributed by atoms with Crippen LogP contribution >= 0.6 is 11.8 Å². The molecule has 1 amide bonds. The zero-order chi connectivity index (χ0) is 12.3. The molecule has 1 aliphatic rings.